The second kappa shape index (κ2) is 3.72. The van der Waals surface area contributed by atoms with Crippen molar-refractivity contribution in [3.8, 4) is 0 Å². The van der Waals surface area contributed by atoms with Crippen LogP contribution in [0.15, 0.2) is 30.3 Å². The Morgan fingerprint density at radius 1 is 1.09 bits per heavy atom. The summed E-state index contributed by atoms with van der Waals surface area (Å²) in [7, 11) is -0.165. The van der Waals surface area contributed by atoms with E-state index in [0.29, 0.717) is 0 Å². The normalized spacial score (nSPS) is 13.5. The van der Waals surface area contributed by atoms with Crippen LogP contribution < -0.4 is 0 Å². The van der Waals surface area contributed by atoms with Crippen molar-refractivity contribution in [2.45, 2.75) is 25.6 Å². The Morgan fingerprint density at radius 2 is 1.64 bits per heavy atom. The molecule has 0 saturated heterocycles. The van der Waals surface area contributed by atoms with Gasteiger partial charge in [0.1, 0.15) is 0 Å². The summed E-state index contributed by atoms with van der Waals surface area (Å²) >= 11 is 0. The van der Waals surface area contributed by atoms with E-state index in [1.54, 1.807) is 0 Å². The summed E-state index contributed by atoms with van der Waals surface area (Å²) in [5.41, 5.74) is 2.27. The van der Waals surface area contributed by atoms with Gasteiger partial charge in [-0.3, -0.25) is 0 Å². The van der Waals surface area contributed by atoms with E-state index in [2.05, 4.69) is 50.3 Å². The van der Waals surface area contributed by atoms with Gasteiger partial charge in [-0.25, -0.2) is 0 Å². The Kier molecular flexibility index (Phi) is 2.89. The second-order valence-electron chi connectivity index (χ2n) is 3.21. The van der Waals surface area contributed by atoms with Crippen molar-refractivity contribution < 1.29 is 0 Å². The highest BCUT2D eigenvalue weighted by Gasteiger charge is 2.09. The first-order valence-electron chi connectivity index (χ1n) is 4.07. The van der Waals surface area contributed by atoms with Gasteiger partial charge < -0.3 is 0 Å². The van der Waals surface area contributed by atoms with Crippen LogP contribution >= 0.6 is 0 Å². The van der Waals surface area contributed by atoms with Crippen molar-refractivity contribution in [2.24, 2.45) is 0 Å². The Morgan fingerprint density at radius 3 is 2.09 bits per heavy atom. The quantitative estimate of drug-likeness (QED) is 0.588. The standard InChI is InChI=1S/C10H15Si/c1-9(11(2)3)10-7-5-4-6-8-10/h4-9H,1-3H3. The second-order valence-corrected chi connectivity index (χ2v) is 6.23. The van der Waals surface area contributed by atoms with Gasteiger partial charge >= 0.3 is 0 Å². The molecule has 0 spiro atoms. The maximum absolute atomic E-state index is 2.36. The van der Waals surface area contributed by atoms with E-state index in [-0.39, 0.29) is 8.80 Å². The molecule has 1 atom stereocenters. The molecule has 0 nitrogen and oxygen atoms in total. The highest BCUT2D eigenvalue weighted by atomic mass is 28.3. The molecular weight excluding hydrogens is 148 g/mol. The van der Waals surface area contributed by atoms with Crippen LogP contribution in [0.4, 0.5) is 0 Å². The SMILES string of the molecule is CC(c1ccccc1)[Si](C)C. The lowest BCUT2D eigenvalue weighted by atomic mass is 10.2. The molecule has 0 bridgehead atoms. The van der Waals surface area contributed by atoms with Gasteiger partial charge in [-0.2, -0.15) is 0 Å². The van der Waals surface area contributed by atoms with Crippen LogP contribution in [0.3, 0.4) is 0 Å². The molecule has 1 aromatic carbocycles. The van der Waals surface area contributed by atoms with Crippen molar-refractivity contribution in [3.05, 3.63) is 35.9 Å². The van der Waals surface area contributed by atoms with Crippen LogP contribution in [0.5, 0.6) is 0 Å². The van der Waals surface area contributed by atoms with Gasteiger partial charge in [-0.1, -0.05) is 50.3 Å². The predicted molar refractivity (Wildman–Crippen MR) is 52.3 cm³/mol. The lowest BCUT2D eigenvalue weighted by Gasteiger charge is -2.13. The van der Waals surface area contributed by atoms with E-state index in [0.717, 1.165) is 5.54 Å². The average molecular weight is 163 g/mol. The molecular formula is C10H15Si. The van der Waals surface area contributed by atoms with E-state index >= 15 is 0 Å². The summed E-state index contributed by atoms with van der Waals surface area (Å²) < 4.78 is 0. The monoisotopic (exact) mass is 163 g/mol. The largest absolute Gasteiger partial charge is 0.0708 e. The molecule has 1 heteroatoms. The van der Waals surface area contributed by atoms with E-state index in [4.69, 9.17) is 0 Å². The zero-order valence-corrected chi connectivity index (χ0v) is 8.46. The first-order valence-corrected chi connectivity index (χ1v) is 6.64. The molecule has 0 heterocycles. The molecule has 59 valence electrons. The summed E-state index contributed by atoms with van der Waals surface area (Å²) in [5, 5.41) is 0. The minimum Gasteiger partial charge on any atom is -0.0708 e. The van der Waals surface area contributed by atoms with E-state index in [1.807, 2.05) is 0 Å². The third kappa shape index (κ3) is 2.19. The van der Waals surface area contributed by atoms with Crippen LogP contribution in [0, 0.1) is 0 Å². The van der Waals surface area contributed by atoms with Gasteiger partial charge in [-0.15, -0.1) is 0 Å². The van der Waals surface area contributed by atoms with Crippen molar-refractivity contribution in [1.82, 2.24) is 0 Å². The highest BCUT2D eigenvalue weighted by molar-refractivity contribution is 6.57. The van der Waals surface area contributed by atoms with Crippen molar-refractivity contribution in [3.63, 3.8) is 0 Å². The van der Waals surface area contributed by atoms with Crippen molar-refractivity contribution in [2.75, 3.05) is 0 Å². The number of hydrogen-bond donors (Lipinski definition) is 0. The van der Waals surface area contributed by atoms with Crippen LogP contribution in [0.2, 0.25) is 13.1 Å². The Bertz CT molecular complexity index is 203. The summed E-state index contributed by atoms with van der Waals surface area (Å²) in [6.45, 7) is 7.05. The van der Waals surface area contributed by atoms with Gasteiger partial charge in [0.05, 0.1) is 0 Å². The third-order valence-electron chi connectivity index (χ3n) is 2.17. The molecule has 0 amide bonds. The van der Waals surface area contributed by atoms with Crippen LogP contribution in [-0.4, -0.2) is 8.80 Å². The fourth-order valence-corrected chi connectivity index (χ4v) is 1.93. The first-order chi connectivity index (χ1) is 5.22. The predicted octanol–water partition coefficient (Wildman–Crippen LogP) is 3.08. The molecule has 0 aromatic heterocycles. The maximum Gasteiger partial charge on any atom is 0.0493 e. The number of benzene rings is 1. The maximum atomic E-state index is 2.36. The Balaban J connectivity index is 2.77. The lowest BCUT2D eigenvalue weighted by molar-refractivity contribution is 1.05. The summed E-state index contributed by atoms with van der Waals surface area (Å²) in [6, 6.07) is 10.8. The lowest BCUT2D eigenvalue weighted by Crippen LogP contribution is -2.11. The molecule has 0 aliphatic carbocycles. The van der Waals surface area contributed by atoms with Crippen LogP contribution in [0.25, 0.3) is 0 Å². The van der Waals surface area contributed by atoms with Gasteiger partial charge in [0.15, 0.2) is 0 Å². The topological polar surface area (TPSA) is 0 Å². The van der Waals surface area contributed by atoms with Gasteiger partial charge in [0.25, 0.3) is 0 Å². The smallest absolute Gasteiger partial charge is 0.0493 e. The molecule has 1 aromatic rings. The fraction of sp³-hybridized carbons (Fsp3) is 0.400. The molecule has 0 aliphatic rings. The van der Waals surface area contributed by atoms with Crippen LogP contribution in [-0.2, 0) is 0 Å². The molecule has 0 fully saturated rings. The van der Waals surface area contributed by atoms with E-state index in [1.165, 1.54) is 5.56 Å². The average Bonchev–Trinajstić information content (AvgIpc) is 2.05. The van der Waals surface area contributed by atoms with Gasteiger partial charge in [0, 0.05) is 8.80 Å². The summed E-state index contributed by atoms with van der Waals surface area (Å²) in [5.74, 6) is 0. The minimum absolute atomic E-state index is 0.165. The molecule has 0 saturated carbocycles. The fourth-order valence-electron chi connectivity index (χ4n) is 1.08. The first kappa shape index (κ1) is 8.53. The van der Waals surface area contributed by atoms with E-state index < -0.39 is 0 Å². The van der Waals surface area contributed by atoms with E-state index in [9.17, 15) is 0 Å². The molecule has 0 N–H and O–H groups in total. The summed E-state index contributed by atoms with van der Waals surface area (Å²) in [6.07, 6.45) is 0. The highest BCUT2D eigenvalue weighted by Crippen LogP contribution is 2.16. The zero-order chi connectivity index (χ0) is 8.27. The van der Waals surface area contributed by atoms with Gasteiger partial charge in [0.2, 0.25) is 0 Å². The number of rotatable bonds is 2. The summed E-state index contributed by atoms with van der Waals surface area (Å²) in [4.78, 5) is 0. The molecule has 1 unspecified atom stereocenters. The molecule has 0 aliphatic heterocycles. The zero-order valence-electron chi connectivity index (χ0n) is 7.46. The molecule has 1 rings (SSSR count). The Labute approximate surface area is 70.9 Å². The molecule has 11 heavy (non-hydrogen) atoms. The van der Waals surface area contributed by atoms with Crippen molar-refractivity contribution >= 4 is 8.80 Å². The Hall–Kier alpha value is -0.563. The van der Waals surface area contributed by atoms with Crippen LogP contribution in [0.1, 0.15) is 18.0 Å². The van der Waals surface area contributed by atoms with Crippen molar-refractivity contribution in [1.29, 1.82) is 0 Å². The van der Waals surface area contributed by atoms with Gasteiger partial charge in [-0.05, 0) is 11.1 Å². The minimum atomic E-state index is -0.165. The number of hydrogen-bond acceptors (Lipinski definition) is 0. The third-order valence-corrected chi connectivity index (χ3v) is 4.23. The molecule has 1 radical (unpaired) electrons.